The molecule has 0 unspecified atom stereocenters. The van der Waals surface area contributed by atoms with Crippen molar-refractivity contribution in [2.24, 2.45) is 0 Å². The summed E-state index contributed by atoms with van der Waals surface area (Å²) in [5, 5.41) is 14.9. The molecule has 2 aliphatic rings. The Morgan fingerprint density at radius 3 is 2.38 bits per heavy atom. The third-order valence-electron chi connectivity index (χ3n) is 7.46. The van der Waals surface area contributed by atoms with Crippen LogP contribution in [0.2, 0.25) is 0 Å². The highest BCUT2D eigenvalue weighted by Crippen LogP contribution is 2.37. The van der Waals surface area contributed by atoms with Crippen molar-refractivity contribution in [1.29, 1.82) is 0 Å². The number of anilines is 1. The van der Waals surface area contributed by atoms with E-state index in [2.05, 4.69) is 105 Å². The smallest absolute Gasteiger partial charge is 0.208 e. The van der Waals surface area contributed by atoms with Crippen LogP contribution in [-0.2, 0) is 14.8 Å². The molecule has 1 aliphatic heterocycles. The average molecular weight is 482 g/mol. The van der Waals surface area contributed by atoms with E-state index >= 15 is 0 Å². The number of nitrogens with zero attached hydrogens (tertiary/aromatic N) is 2. The molecule has 0 aromatic heterocycles. The molecule has 34 heavy (non-hydrogen) atoms. The van der Waals surface area contributed by atoms with Crippen molar-refractivity contribution in [3.8, 4) is 0 Å². The van der Waals surface area contributed by atoms with E-state index in [0.717, 1.165) is 31.7 Å². The Balaban J connectivity index is 1.95. The van der Waals surface area contributed by atoms with Gasteiger partial charge in [0.1, 0.15) is 6.54 Å². The lowest BCUT2D eigenvalue weighted by Crippen LogP contribution is -2.50. The van der Waals surface area contributed by atoms with E-state index in [1.807, 2.05) is 0 Å². The molecule has 0 saturated carbocycles. The Bertz CT molecular complexity index is 1240. The first kappa shape index (κ1) is 25.0. The topological polar surface area (TPSA) is 44.9 Å². The number of rotatable bonds is 8. The second-order valence-electron chi connectivity index (χ2n) is 10.1. The van der Waals surface area contributed by atoms with E-state index in [4.69, 9.17) is 9.59 Å². The highest BCUT2D eigenvalue weighted by atomic mass is 32.2. The van der Waals surface area contributed by atoms with Crippen LogP contribution in [0.4, 0.5) is 5.69 Å². The normalized spacial score (nSPS) is 17.3. The molecule has 2 aromatic rings. The first-order valence-corrected chi connectivity index (χ1v) is 13.1. The van der Waals surface area contributed by atoms with Crippen LogP contribution < -0.4 is 20.1 Å². The molecule has 0 saturated heterocycles. The lowest BCUT2D eigenvalue weighted by Gasteiger charge is -2.34. The molecule has 1 heterocycles. The minimum Gasteiger partial charge on any atom is -0.372 e. The van der Waals surface area contributed by atoms with Gasteiger partial charge in [0.25, 0.3) is 0 Å². The monoisotopic (exact) mass is 481 g/mol. The van der Waals surface area contributed by atoms with Gasteiger partial charge in [-0.05, 0) is 78.6 Å². The highest BCUT2D eigenvalue weighted by Gasteiger charge is 2.36. The molecule has 4 rings (SSSR count). The fourth-order valence-corrected chi connectivity index (χ4v) is 6.21. The van der Waals surface area contributed by atoms with Gasteiger partial charge >= 0.3 is 0 Å². The third-order valence-corrected chi connectivity index (χ3v) is 8.05. The van der Waals surface area contributed by atoms with Crippen molar-refractivity contribution < 1.29 is 14.6 Å². The van der Waals surface area contributed by atoms with Gasteiger partial charge in [0.15, 0.2) is 5.54 Å². The first-order chi connectivity index (χ1) is 16.2. The lowest BCUT2D eigenvalue weighted by molar-refractivity contribution is -0.432. The van der Waals surface area contributed by atoms with Crippen molar-refractivity contribution in [2.75, 3.05) is 30.3 Å². The van der Waals surface area contributed by atoms with Gasteiger partial charge in [0, 0.05) is 61.9 Å². The van der Waals surface area contributed by atoms with Crippen LogP contribution in [0.5, 0.6) is 0 Å². The van der Waals surface area contributed by atoms with Crippen LogP contribution in [0.15, 0.2) is 36.4 Å². The molecule has 182 valence electrons. The quantitative estimate of drug-likeness (QED) is 0.194. The fraction of sp³-hybridized carbons (Fsp3) is 0.464. The van der Waals surface area contributed by atoms with Crippen molar-refractivity contribution in [2.45, 2.75) is 59.4 Å². The lowest BCUT2D eigenvalue weighted by atomic mass is 9.71. The summed E-state index contributed by atoms with van der Waals surface area (Å²) in [7, 11) is 0. The predicted octanol–water partition coefficient (Wildman–Crippen LogP) is 4.76. The molecular formula is C28H37N2O3S+. The number of hydrogen-bond acceptors (Lipinski definition) is 5. The molecule has 0 bridgehead atoms. The van der Waals surface area contributed by atoms with Crippen LogP contribution >= 0.6 is 12.0 Å². The summed E-state index contributed by atoms with van der Waals surface area (Å²) in [6.45, 7) is 18.7. The van der Waals surface area contributed by atoms with Crippen molar-refractivity contribution in [3.05, 3.63) is 69.2 Å². The van der Waals surface area contributed by atoms with E-state index in [-0.39, 0.29) is 11.0 Å². The average Bonchev–Trinajstić information content (AvgIpc) is 2.79. The van der Waals surface area contributed by atoms with Crippen LogP contribution in [0.1, 0.15) is 70.7 Å². The van der Waals surface area contributed by atoms with E-state index in [0.29, 0.717) is 5.75 Å². The van der Waals surface area contributed by atoms with E-state index < -0.39 is 0 Å². The summed E-state index contributed by atoms with van der Waals surface area (Å²) in [6, 6.07) is 11.6. The highest BCUT2D eigenvalue weighted by molar-refractivity contribution is 7.95. The Morgan fingerprint density at radius 1 is 1.00 bits per heavy atom. The van der Waals surface area contributed by atoms with Gasteiger partial charge < -0.3 is 4.90 Å². The molecule has 1 N–H and O–H groups in total. The SMILES string of the molecule is CCN(CC)c1ccc2c(c1)C(C)(C)c1cc3c(cc1=C2)C(CSOOO)=CC(C)(C)[N+]=3CC. The molecular weight excluding hydrogens is 444 g/mol. The maximum atomic E-state index is 8.59. The molecule has 2 aromatic carbocycles. The Kier molecular flexibility index (Phi) is 6.98. The van der Waals surface area contributed by atoms with Gasteiger partial charge in [-0.3, -0.25) is 0 Å². The Morgan fingerprint density at radius 2 is 1.74 bits per heavy atom. The van der Waals surface area contributed by atoms with E-state index in [1.54, 1.807) is 0 Å². The van der Waals surface area contributed by atoms with Crippen LogP contribution in [0, 0.1) is 0 Å². The summed E-state index contributed by atoms with van der Waals surface area (Å²) >= 11 is 1.09. The zero-order chi connectivity index (χ0) is 24.7. The number of benzene rings is 2. The second kappa shape index (κ2) is 9.50. The number of fused-ring (bicyclic) bond motifs is 3. The third kappa shape index (κ3) is 4.22. The molecule has 0 fully saturated rings. The molecule has 0 atom stereocenters. The van der Waals surface area contributed by atoms with Gasteiger partial charge in [-0.1, -0.05) is 25.0 Å². The fourth-order valence-electron chi connectivity index (χ4n) is 5.75. The number of likely N-dealkylation sites (N-methyl/N-ethyl adjacent to an activating group) is 1. The summed E-state index contributed by atoms with van der Waals surface area (Å²) < 4.78 is 7.19. The van der Waals surface area contributed by atoms with Crippen molar-refractivity contribution in [3.63, 3.8) is 0 Å². The largest absolute Gasteiger partial charge is 0.372 e. The maximum absolute atomic E-state index is 8.59. The summed E-state index contributed by atoms with van der Waals surface area (Å²) in [5.74, 6) is 0.584. The minimum atomic E-state index is -0.137. The zero-order valence-corrected chi connectivity index (χ0v) is 22.3. The van der Waals surface area contributed by atoms with E-state index in [9.17, 15) is 0 Å². The van der Waals surface area contributed by atoms with Crippen LogP contribution in [0.3, 0.4) is 0 Å². The Hall–Kier alpha value is -2.12. The Labute approximate surface area is 207 Å². The summed E-state index contributed by atoms with van der Waals surface area (Å²) in [5.41, 5.74) is 7.45. The van der Waals surface area contributed by atoms with Gasteiger partial charge in [-0.15, -0.1) is 4.33 Å². The second-order valence-corrected chi connectivity index (χ2v) is 10.8. The first-order valence-electron chi connectivity index (χ1n) is 12.2. The molecule has 0 spiro atoms. The van der Waals surface area contributed by atoms with Gasteiger partial charge in [0.2, 0.25) is 5.36 Å². The molecule has 5 nitrogen and oxygen atoms in total. The summed E-state index contributed by atoms with van der Waals surface area (Å²) in [6.07, 6.45) is 4.63. The minimum absolute atomic E-state index is 0.120. The van der Waals surface area contributed by atoms with Gasteiger partial charge in [-0.2, -0.15) is 0 Å². The predicted molar refractivity (Wildman–Crippen MR) is 142 cm³/mol. The molecule has 0 radical (unpaired) electrons. The van der Waals surface area contributed by atoms with Gasteiger partial charge in [0.05, 0.1) is 5.56 Å². The zero-order valence-electron chi connectivity index (χ0n) is 21.4. The maximum Gasteiger partial charge on any atom is 0.208 e. The van der Waals surface area contributed by atoms with Crippen molar-refractivity contribution >= 4 is 29.4 Å². The molecule has 6 heteroatoms. The molecule has 0 amide bonds. The van der Waals surface area contributed by atoms with E-state index in [1.165, 1.54) is 44.1 Å². The standard InChI is InChI=1S/C28H36N2O3S/c1-8-29(9-2)22-12-11-19-13-20-14-23-21(18-34-33-32-31)17-27(4,5)30(10-3)26(23)16-25(20)28(6,7)24(19)15-22/h11-17H,8-10,18H2,1-7H3/p+1. The van der Waals surface area contributed by atoms with Gasteiger partial charge in [-0.25, -0.2) is 9.83 Å². The van der Waals surface area contributed by atoms with Crippen LogP contribution in [-0.4, -0.2) is 36.2 Å². The summed E-state index contributed by atoms with van der Waals surface area (Å²) in [4.78, 5) is 2.41. The van der Waals surface area contributed by atoms with Crippen molar-refractivity contribution in [1.82, 2.24) is 4.58 Å². The molecule has 1 aliphatic carbocycles. The van der Waals surface area contributed by atoms with Crippen LogP contribution in [0.25, 0.3) is 11.6 Å². The number of hydrogen-bond donors (Lipinski definition) is 1.